The molecule has 2 atom stereocenters. The molecule has 2 nitrogen and oxygen atoms in total. The summed E-state index contributed by atoms with van der Waals surface area (Å²) < 4.78 is 13.3. The Bertz CT molecular complexity index is 438. The van der Waals surface area contributed by atoms with Crippen molar-refractivity contribution in [3.8, 4) is 6.07 Å². The summed E-state index contributed by atoms with van der Waals surface area (Å²) in [5.41, 5.74) is 0.615. The Hall–Kier alpha value is -1.40. The van der Waals surface area contributed by atoms with Gasteiger partial charge >= 0.3 is 0 Å². The standard InChI is InChI=1S/C12H12FNO/c1-8-2-3-9(4-11(8)13)12(7-14)5-10(12)6-15/h2-4,10,15H,5-6H2,1H3/t10-,12+/m0/s1. The molecule has 0 radical (unpaired) electrons. The van der Waals surface area contributed by atoms with Crippen LogP contribution in [0.3, 0.4) is 0 Å². The van der Waals surface area contributed by atoms with Gasteiger partial charge in [0.05, 0.1) is 11.5 Å². The minimum Gasteiger partial charge on any atom is -0.396 e. The number of nitrogens with zero attached hydrogens (tertiary/aromatic N) is 1. The van der Waals surface area contributed by atoms with Crippen molar-refractivity contribution in [2.24, 2.45) is 5.92 Å². The third-order valence-corrected chi connectivity index (χ3v) is 3.21. The van der Waals surface area contributed by atoms with E-state index in [0.717, 1.165) is 0 Å². The predicted octanol–water partition coefficient (Wildman–Crippen LogP) is 1.91. The number of nitriles is 1. The van der Waals surface area contributed by atoms with E-state index in [2.05, 4.69) is 6.07 Å². The van der Waals surface area contributed by atoms with Crippen LogP contribution in [0.25, 0.3) is 0 Å². The highest BCUT2D eigenvalue weighted by atomic mass is 19.1. The van der Waals surface area contributed by atoms with Gasteiger partial charge in [0.2, 0.25) is 0 Å². The average molecular weight is 205 g/mol. The molecule has 0 bridgehead atoms. The molecule has 3 heteroatoms. The van der Waals surface area contributed by atoms with E-state index in [-0.39, 0.29) is 18.3 Å². The van der Waals surface area contributed by atoms with E-state index < -0.39 is 5.41 Å². The van der Waals surface area contributed by atoms with E-state index >= 15 is 0 Å². The van der Waals surface area contributed by atoms with Crippen molar-refractivity contribution < 1.29 is 9.50 Å². The molecule has 0 heterocycles. The van der Waals surface area contributed by atoms with Crippen LogP contribution in [0, 0.1) is 30.0 Å². The highest BCUT2D eigenvalue weighted by molar-refractivity contribution is 5.42. The van der Waals surface area contributed by atoms with E-state index in [1.165, 1.54) is 6.07 Å². The quantitative estimate of drug-likeness (QED) is 0.801. The molecule has 1 aromatic rings. The Balaban J connectivity index is 2.39. The number of aliphatic hydroxyl groups is 1. The topological polar surface area (TPSA) is 44.0 Å². The molecule has 0 spiro atoms. The number of hydrogen-bond acceptors (Lipinski definition) is 2. The summed E-state index contributed by atoms with van der Waals surface area (Å²) in [7, 11) is 0. The first-order valence-corrected chi connectivity index (χ1v) is 4.93. The van der Waals surface area contributed by atoms with Crippen LogP contribution in [0.2, 0.25) is 0 Å². The summed E-state index contributed by atoms with van der Waals surface area (Å²) in [6.45, 7) is 1.68. The molecule has 1 N–H and O–H groups in total. The van der Waals surface area contributed by atoms with Gasteiger partial charge in [-0.2, -0.15) is 5.26 Å². The van der Waals surface area contributed by atoms with Crippen molar-refractivity contribution in [2.75, 3.05) is 6.61 Å². The smallest absolute Gasteiger partial charge is 0.126 e. The zero-order chi connectivity index (χ0) is 11.1. The van der Waals surface area contributed by atoms with Crippen LogP contribution >= 0.6 is 0 Å². The monoisotopic (exact) mass is 205 g/mol. The van der Waals surface area contributed by atoms with Crippen molar-refractivity contribution in [3.63, 3.8) is 0 Å². The highest BCUT2D eigenvalue weighted by Gasteiger charge is 2.55. The number of rotatable bonds is 2. The van der Waals surface area contributed by atoms with Gasteiger partial charge in [0.1, 0.15) is 5.82 Å². The molecule has 1 aromatic carbocycles. The number of aryl methyl sites for hydroxylation is 1. The van der Waals surface area contributed by atoms with Gasteiger partial charge in [-0.25, -0.2) is 4.39 Å². The first kappa shape index (κ1) is 10.1. The summed E-state index contributed by atoms with van der Waals surface area (Å²) in [6, 6.07) is 7.05. The molecule has 0 saturated heterocycles. The van der Waals surface area contributed by atoms with Crippen LogP contribution in [0.4, 0.5) is 4.39 Å². The van der Waals surface area contributed by atoms with Crippen molar-refractivity contribution in [1.82, 2.24) is 0 Å². The fourth-order valence-electron chi connectivity index (χ4n) is 1.98. The van der Waals surface area contributed by atoms with Crippen molar-refractivity contribution >= 4 is 0 Å². The first-order valence-electron chi connectivity index (χ1n) is 4.93. The Kier molecular flexibility index (Phi) is 2.24. The lowest BCUT2D eigenvalue weighted by molar-refractivity contribution is 0.269. The number of halogens is 1. The van der Waals surface area contributed by atoms with Gasteiger partial charge in [-0.3, -0.25) is 0 Å². The van der Waals surface area contributed by atoms with Gasteiger partial charge in [0.15, 0.2) is 0 Å². The van der Waals surface area contributed by atoms with Crippen LogP contribution in [0.5, 0.6) is 0 Å². The van der Waals surface area contributed by atoms with Crippen LogP contribution in [-0.2, 0) is 5.41 Å². The molecular weight excluding hydrogens is 193 g/mol. The lowest BCUT2D eigenvalue weighted by atomic mass is 9.94. The molecule has 1 aliphatic rings. The van der Waals surface area contributed by atoms with Gasteiger partial charge in [0, 0.05) is 12.5 Å². The number of aliphatic hydroxyl groups excluding tert-OH is 1. The second kappa shape index (κ2) is 3.32. The number of benzene rings is 1. The van der Waals surface area contributed by atoms with Crippen LogP contribution in [-0.4, -0.2) is 11.7 Å². The lowest BCUT2D eigenvalue weighted by Gasteiger charge is -2.09. The summed E-state index contributed by atoms with van der Waals surface area (Å²) >= 11 is 0. The molecule has 1 fully saturated rings. The zero-order valence-electron chi connectivity index (χ0n) is 8.50. The Labute approximate surface area is 88.0 Å². The SMILES string of the molecule is Cc1ccc([C@]2(C#N)C[C@H]2CO)cc1F. The summed E-state index contributed by atoms with van der Waals surface area (Å²) in [5.74, 6) is -0.324. The zero-order valence-corrected chi connectivity index (χ0v) is 8.50. The minimum atomic E-state index is -0.650. The van der Waals surface area contributed by atoms with Crippen LogP contribution in [0.15, 0.2) is 18.2 Å². The lowest BCUT2D eigenvalue weighted by Crippen LogP contribution is -2.09. The van der Waals surface area contributed by atoms with E-state index in [1.807, 2.05) is 0 Å². The average Bonchev–Trinajstić information content (AvgIpc) is 2.97. The maximum atomic E-state index is 13.3. The Morgan fingerprint density at radius 1 is 1.67 bits per heavy atom. The van der Waals surface area contributed by atoms with Crippen molar-refractivity contribution in [1.29, 1.82) is 5.26 Å². The first-order chi connectivity index (χ1) is 7.14. The second-order valence-corrected chi connectivity index (χ2v) is 4.13. The predicted molar refractivity (Wildman–Crippen MR) is 53.6 cm³/mol. The van der Waals surface area contributed by atoms with Crippen LogP contribution < -0.4 is 0 Å². The van der Waals surface area contributed by atoms with E-state index in [0.29, 0.717) is 17.5 Å². The molecule has 1 aliphatic carbocycles. The summed E-state index contributed by atoms with van der Waals surface area (Å²) in [4.78, 5) is 0. The molecule has 0 unspecified atom stereocenters. The van der Waals surface area contributed by atoms with Crippen molar-refractivity contribution in [3.05, 3.63) is 35.1 Å². The Morgan fingerprint density at radius 3 is 2.87 bits per heavy atom. The molecule has 15 heavy (non-hydrogen) atoms. The van der Waals surface area contributed by atoms with Gasteiger partial charge in [-0.15, -0.1) is 0 Å². The summed E-state index contributed by atoms with van der Waals surface area (Å²) in [5, 5.41) is 18.1. The maximum Gasteiger partial charge on any atom is 0.126 e. The molecule has 78 valence electrons. The fraction of sp³-hybridized carbons (Fsp3) is 0.417. The molecule has 0 aromatic heterocycles. The van der Waals surface area contributed by atoms with Crippen molar-refractivity contribution in [2.45, 2.75) is 18.8 Å². The number of hydrogen-bond donors (Lipinski definition) is 1. The Morgan fingerprint density at radius 2 is 2.40 bits per heavy atom. The largest absolute Gasteiger partial charge is 0.396 e. The molecule has 0 aliphatic heterocycles. The molecular formula is C12H12FNO. The summed E-state index contributed by atoms with van der Waals surface area (Å²) in [6.07, 6.45) is 0.627. The molecule has 0 amide bonds. The van der Waals surface area contributed by atoms with Gasteiger partial charge < -0.3 is 5.11 Å². The third-order valence-electron chi connectivity index (χ3n) is 3.21. The second-order valence-electron chi connectivity index (χ2n) is 4.13. The third kappa shape index (κ3) is 1.42. The highest BCUT2D eigenvalue weighted by Crippen LogP contribution is 2.53. The van der Waals surface area contributed by atoms with E-state index in [4.69, 9.17) is 10.4 Å². The minimum absolute atomic E-state index is 0.0109. The van der Waals surface area contributed by atoms with E-state index in [9.17, 15) is 4.39 Å². The molecule has 2 rings (SSSR count). The van der Waals surface area contributed by atoms with Crippen LogP contribution in [0.1, 0.15) is 17.5 Å². The molecule has 1 saturated carbocycles. The normalized spacial score (nSPS) is 28.5. The van der Waals surface area contributed by atoms with E-state index in [1.54, 1.807) is 19.1 Å². The van der Waals surface area contributed by atoms with Gasteiger partial charge in [-0.05, 0) is 30.5 Å². The maximum absolute atomic E-state index is 13.3. The van der Waals surface area contributed by atoms with Gasteiger partial charge in [-0.1, -0.05) is 12.1 Å². The van der Waals surface area contributed by atoms with Gasteiger partial charge in [0.25, 0.3) is 0 Å². The fourth-order valence-corrected chi connectivity index (χ4v) is 1.98.